The van der Waals surface area contributed by atoms with E-state index in [1.54, 1.807) is 0 Å². The van der Waals surface area contributed by atoms with Crippen LogP contribution in [0, 0.1) is 0 Å². The van der Waals surface area contributed by atoms with Crippen LogP contribution in [-0.4, -0.2) is 54.4 Å². The first-order valence-electron chi connectivity index (χ1n) is 4.98. The Morgan fingerprint density at radius 3 is 2.88 bits per heavy atom. The van der Waals surface area contributed by atoms with Crippen molar-refractivity contribution >= 4 is 15.7 Å². The van der Waals surface area contributed by atoms with Gasteiger partial charge in [-0.1, -0.05) is 5.21 Å². The van der Waals surface area contributed by atoms with Crippen LogP contribution in [0.1, 0.15) is 10.5 Å². The van der Waals surface area contributed by atoms with Crippen LogP contribution < -0.4 is 11.1 Å². The first-order valence-corrected chi connectivity index (χ1v) is 7.04. The van der Waals surface area contributed by atoms with Crippen molar-refractivity contribution in [1.29, 1.82) is 0 Å². The Kier molecular flexibility index (Phi) is 4.58. The Morgan fingerprint density at radius 2 is 2.29 bits per heavy atom. The summed E-state index contributed by atoms with van der Waals surface area (Å²) >= 11 is 0. The van der Waals surface area contributed by atoms with Gasteiger partial charge < -0.3 is 11.1 Å². The second-order valence-corrected chi connectivity index (χ2v) is 5.80. The molecule has 0 aliphatic rings. The Labute approximate surface area is 99.1 Å². The summed E-state index contributed by atoms with van der Waals surface area (Å²) in [7, 11) is -3.08. The number of nitrogens with one attached hydrogen (secondary N) is 1. The zero-order valence-corrected chi connectivity index (χ0v) is 10.3. The molecule has 0 radical (unpaired) electrons. The molecule has 17 heavy (non-hydrogen) atoms. The Bertz CT molecular complexity index is 481. The number of carbonyl (C=O) groups is 1. The third-order valence-corrected chi connectivity index (χ3v) is 2.83. The third-order valence-electron chi connectivity index (χ3n) is 1.89. The number of carbonyl (C=O) groups excluding carboxylic acids is 1. The van der Waals surface area contributed by atoms with Crippen molar-refractivity contribution in [3.8, 4) is 0 Å². The van der Waals surface area contributed by atoms with Gasteiger partial charge in [-0.2, -0.15) is 0 Å². The largest absolute Gasteiger partial charge is 0.350 e. The van der Waals surface area contributed by atoms with E-state index in [-0.39, 0.29) is 18.0 Å². The van der Waals surface area contributed by atoms with Gasteiger partial charge in [0.1, 0.15) is 9.84 Å². The third kappa shape index (κ3) is 4.91. The lowest BCUT2D eigenvalue weighted by Gasteiger charge is -2.00. The van der Waals surface area contributed by atoms with Crippen molar-refractivity contribution in [2.45, 2.75) is 6.54 Å². The summed E-state index contributed by atoms with van der Waals surface area (Å²) < 4.78 is 23.1. The summed E-state index contributed by atoms with van der Waals surface area (Å²) in [6, 6.07) is 0. The van der Waals surface area contributed by atoms with Crippen molar-refractivity contribution in [3.05, 3.63) is 11.9 Å². The molecule has 9 heteroatoms. The molecule has 0 bridgehead atoms. The molecule has 1 amide bonds. The number of amides is 1. The van der Waals surface area contributed by atoms with Crippen LogP contribution in [0.25, 0.3) is 0 Å². The van der Waals surface area contributed by atoms with Crippen LogP contribution in [0.15, 0.2) is 6.20 Å². The van der Waals surface area contributed by atoms with E-state index < -0.39 is 15.7 Å². The van der Waals surface area contributed by atoms with E-state index in [1.807, 2.05) is 0 Å². The molecular formula is C8H15N5O3S. The fraction of sp³-hybridized carbons (Fsp3) is 0.625. The van der Waals surface area contributed by atoms with Gasteiger partial charge in [-0.3, -0.25) is 9.48 Å². The SMILES string of the molecule is CS(=O)(=O)CCNC(=O)c1cn(CCN)nn1. The number of hydrogen-bond acceptors (Lipinski definition) is 6. The molecular weight excluding hydrogens is 246 g/mol. The average molecular weight is 261 g/mol. The van der Waals surface area contributed by atoms with Gasteiger partial charge in [-0.15, -0.1) is 5.10 Å². The minimum atomic E-state index is -3.08. The molecule has 1 heterocycles. The minimum Gasteiger partial charge on any atom is -0.350 e. The highest BCUT2D eigenvalue weighted by atomic mass is 32.2. The topological polar surface area (TPSA) is 120 Å². The normalized spacial score (nSPS) is 11.4. The maximum atomic E-state index is 11.5. The molecule has 1 aromatic heterocycles. The van der Waals surface area contributed by atoms with Crippen LogP contribution in [-0.2, 0) is 16.4 Å². The van der Waals surface area contributed by atoms with Gasteiger partial charge in [-0.25, -0.2) is 8.42 Å². The first-order chi connectivity index (χ1) is 7.92. The number of rotatable bonds is 6. The first kappa shape index (κ1) is 13.6. The summed E-state index contributed by atoms with van der Waals surface area (Å²) in [5.74, 6) is -0.549. The molecule has 0 aromatic carbocycles. The van der Waals surface area contributed by atoms with Crippen LogP contribution in [0.3, 0.4) is 0 Å². The average Bonchev–Trinajstić information content (AvgIpc) is 2.65. The maximum absolute atomic E-state index is 11.5. The van der Waals surface area contributed by atoms with Crippen LogP contribution >= 0.6 is 0 Å². The van der Waals surface area contributed by atoms with Gasteiger partial charge in [0, 0.05) is 19.3 Å². The molecule has 0 aliphatic heterocycles. The fourth-order valence-electron chi connectivity index (χ4n) is 1.08. The van der Waals surface area contributed by atoms with Crippen molar-refractivity contribution < 1.29 is 13.2 Å². The zero-order chi connectivity index (χ0) is 12.9. The van der Waals surface area contributed by atoms with E-state index >= 15 is 0 Å². The van der Waals surface area contributed by atoms with Crippen molar-refractivity contribution in [2.24, 2.45) is 5.73 Å². The van der Waals surface area contributed by atoms with Gasteiger partial charge in [0.25, 0.3) is 5.91 Å². The van der Waals surface area contributed by atoms with Crippen molar-refractivity contribution in [1.82, 2.24) is 20.3 Å². The number of nitrogens with zero attached hydrogens (tertiary/aromatic N) is 3. The highest BCUT2D eigenvalue weighted by Gasteiger charge is 2.11. The summed E-state index contributed by atoms with van der Waals surface area (Å²) in [6.07, 6.45) is 2.57. The Balaban J connectivity index is 2.46. The highest BCUT2D eigenvalue weighted by molar-refractivity contribution is 7.90. The molecule has 1 aromatic rings. The lowest BCUT2D eigenvalue weighted by Crippen LogP contribution is -2.29. The lowest BCUT2D eigenvalue weighted by molar-refractivity contribution is 0.0951. The van der Waals surface area contributed by atoms with Gasteiger partial charge in [0.15, 0.2) is 5.69 Å². The molecule has 0 saturated carbocycles. The van der Waals surface area contributed by atoms with Crippen LogP contribution in [0.4, 0.5) is 0 Å². The smallest absolute Gasteiger partial charge is 0.273 e. The maximum Gasteiger partial charge on any atom is 0.273 e. The van der Waals surface area contributed by atoms with Gasteiger partial charge in [0.05, 0.1) is 18.5 Å². The second-order valence-electron chi connectivity index (χ2n) is 3.54. The number of nitrogens with two attached hydrogens (primary N) is 1. The summed E-state index contributed by atoms with van der Waals surface area (Å²) in [4.78, 5) is 11.5. The number of sulfone groups is 1. The highest BCUT2D eigenvalue weighted by Crippen LogP contribution is 1.92. The minimum absolute atomic E-state index is 0.0570. The molecule has 0 spiro atoms. The molecule has 96 valence electrons. The Hall–Kier alpha value is -1.48. The number of hydrogen-bond donors (Lipinski definition) is 2. The summed E-state index contributed by atoms with van der Waals surface area (Å²) in [5, 5.41) is 9.78. The van der Waals surface area contributed by atoms with Crippen molar-refractivity contribution in [3.63, 3.8) is 0 Å². The van der Waals surface area contributed by atoms with Crippen LogP contribution in [0.2, 0.25) is 0 Å². The molecule has 3 N–H and O–H groups in total. The molecule has 1 rings (SSSR count). The molecule has 0 unspecified atom stereocenters. The molecule has 0 fully saturated rings. The predicted octanol–water partition coefficient (Wildman–Crippen LogP) is -1.99. The quantitative estimate of drug-likeness (QED) is 0.611. The summed E-state index contributed by atoms with van der Waals surface area (Å²) in [5.41, 5.74) is 5.46. The summed E-state index contributed by atoms with van der Waals surface area (Å²) in [6.45, 7) is 0.934. The fourth-order valence-corrected chi connectivity index (χ4v) is 1.56. The molecule has 8 nitrogen and oxygen atoms in total. The second kappa shape index (κ2) is 5.73. The van der Waals surface area contributed by atoms with Crippen LogP contribution in [0.5, 0.6) is 0 Å². The molecule has 0 saturated heterocycles. The van der Waals surface area contributed by atoms with E-state index in [1.165, 1.54) is 10.9 Å². The van der Waals surface area contributed by atoms with E-state index in [0.29, 0.717) is 13.1 Å². The van der Waals surface area contributed by atoms with E-state index in [0.717, 1.165) is 6.26 Å². The lowest BCUT2D eigenvalue weighted by atomic mass is 10.4. The molecule has 0 aliphatic carbocycles. The predicted molar refractivity (Wildman–Crippen MR) is 61.1 cm³/mol. The van der Waals surface area contributed by atoms with E-state index in [4.69, 9.17) is 5.73 Å². The molecule has 0 atom stereocenters. The van der Waals surface area contributed by atoms with Gasteiger partial charge >= 0.3 is 0 Å². The Morgan fingerprint density at radius 1 is 1.59 bits per heavy atom. The monoisotopic (exact) mass is 261 g/mol. The van der Waals surface area contributed by atoms with Gasteiger partial charge in [-0.05, 0) is 0 Å². The van der Waals surface area contributed by atoms with E-state index in [2.05, 4.69) is 15.6 Å². The van der Waals surface area contributed by atoms with Crippen molar-refractivity contribution in [2.75, 3.05) is 25.1 Å². The zero-order valence-electron chi connectivity index (χ0n) is 9.46. The standard InChI is InChI=1S/C8H15N5O3S/c1-17(15,16)5-3-10-8(14)7-6-13(4-2-9)12-11-7/h6H,2-5,9H2,1H3,(H,10,14). The van der Waals surface area contributed by atoms with Gasteiger partial charge in [0.2, 0.25) is 0 Å². The van der Waals surface area contributed by atoms with E-state index in [9.17, 15) is 13.2 Å². The number of aromatic nitrogens is 3.